The van der Waals surface area contributed by atoms with Gasteiger partial charge >= 0.3 is 5.97 Å². The Balaban J connectivity index is 1.76. The van der Waals surface area contributed by atoms with Crippen LogP contribution in [0, 0.1) is 5.82 Å². The molecule has 0 heterocycles. The van der Waals surface area contributed by atoms with Gasteiger partial charge in [-0.1, -0.05) is 54.6 Å². The Kier molecular flexibility index (Phi) is 4.65. The second kappa shape index (κ2) is 7.27. The number of fused-ring (bicyclic) bond motifs is 3. The number of esters is 1. The number of benzene rings is 3. The maximum Gasteiger partial charge on any atom is 0.329 e. The van der Waals surface area contributed by atoms with Crippen LogP contribution in [0.3, 0.4) is 0 Å². The van der Waals surface area contributed by atoms with Crippen LogP contribution in [0.5, 0.6) is 0 Å². The van der Waals surface area contributed by atoms with Gasteiger partial charge < -0.3 is 10.1 Å². The molecule has 3 aromatic carbocycles. The number of carbonyl (C=O) groups excluding carboxylic acids is 2. The van der Waals surface area contributed by atoms with E-state index < -0.39 is 29.7 Å². The predicted molar refractivity (Wildman–Crippen MR) is 103 cm³/mol. The van der Waals surface area contributed by atoms with Crippen LogP contribution in [-0.2, 0) is 9.53 Å². The average Bonchev–Trinajstić information content (AvgIpc) is 3.06. The molecule has 0 aliphatic heterocycles. The van der Waals surface area contributed by atoms with Crippen LogP contribution in [0.15, 0.2) is 72.8 Å². The van der Waals surface area contributed by atoms with Crippen molar-refractivity contribution in [3.05, 3.63) is 95.3 Å². The van der Waals surface area contributed by atoms with Crippen molar-refractivity contribution < 1.29 is 18.7 Å². The standard InChI is InChI=1S/C23H18FNO3/c1-28-23(27)21(25-22(26)14-7-6-8-15(24)13-14)20-18-11-4-2-9-16(18)17-10-3-5-12-19(17)20/h2-13,20-21H,1H3,(H,25,26)/t21-/m0/s1. The lowest BCUT2D eigenvalue weighted by atomic mass is 9.89. The maximum atomic E-state index is 13.5. The number of hydrogen-bond acceptors (Lipinski definition) is 3. The lowest BCUT2D eigenvalue weighted by molar-refractivity contribution is -0.143. The summed E-state index contributed by atoms with van der Waals surface area (Å²) in [6.07, 6.45) is 0. The van der Waals surface area contributed by atoms with E-state index >= 15 is 0 Å². The zero-order valence-electron chi connectivity index (χ0n) is 15.2. The Bertz CT molecular complexity index is 1020. The minimum Gasteiger partial charge on any atom is -0.467 e. The van der Waals surface area contributed by atoms with E-state index in [9.17, 15) is 14.0 Å². The smallest absolute Gasteiger partial charge is 0.329 e. The highest BCUT2D eigenvalue weighted by molar-refractivity contribution is 5.98. The largest absolute Gasteiger partial charge is 0.467 e. The summed E-state index contributed by atoms with van der Waals surface area (Å²) in [6, 6.07) is 20.0. The van der Waals surface area contributed by atoms with E-state index in [1.54, 1.807) is 0 Å². The first kappa shape index (κ1) is 17.9. The number of nitrogens with one attached hydrogen (secondary N) is 1. The van der Waals surface area contributed by atoms with E-state index in [0.717, 1.165) is 28.3 Å². The molecule has 4 nitrogen and oxygen atoms in total. The third-order valence-corrected chi connectivity index (χ3v) is 5.04. The molecule has 1 aliphatic carbocycles. The van der Waals surface area contributed by atoms with Crippen molar-refractivity contribution in [1.82, 2.24) is 5.32 Å². The molecule has 0 saturated carbocycles. The summed E-state index contributed by atoms with van der Waals surface area (Å²) in [4.78, 5) is 25.4. The van der Waals surface area contributed by atoms with Gasteiger partial charge in [0.15, 0.2) is 0 Å². The molecule has 1 aliphatic rings. The van der Waals surface area contributed by atoms with Gasteiger partial charge in [0.1, 0.15) is 11.9 Å². The normalized spacial score (nSPS) is 13.4. The van der Waals surface area contributed by atoms with Gasteiger partial charge in [0.05, 0.1) is 7.11 Å². The summed E-state index contributed by atoms with van der Waals surface area (Å²) in [5.41, 5.74) is 4.08. The number of ether oxygens (including phenoxy) is 1. The fraction of sp³-hybridized carbons (Fsp3) is 0.130. The summed E-state index contributed by atoms with van der Waals surface area (Å²) in [5, 5.41) is 2.75. The summed E-state index contributed by atoms with van der Waals surface area (Å²) in [5.74, 6) is -1.99. The van der Waals surface area contributed by atoms with Crippen molar-refractivity contribution in [2.45, 2.75) is 12.0 Å². The van der Waals surface area contributed by atoms with Crippen LogP contribution in [0.25, 0.3) is 11.1 Å². The molecule has 4 rings (SSSR count). The van der Waals surface area contributed by atoms with Crippen molar-refractivity contribution >= 4 is 11.9 Å². The molecule has 0 bridgehead atoms. The van der Waals surface area contributed by atoms with E-state index in [1.807, 2.05) is 48.5 Å². The number of halogens is 1. The molecule has 0 aromatic heterocycles. The fourth-order valence-corrected chi connectivity index (χ4v) is 3.81. The molecule has 1 atom stereocenters. The zero-order valence-corrected chi connectivity index (χ0v) is 15.2. The van der Waals surface area contributed by atoms with Gasteiger partial charge in [0.2, 0.25) is 0 Å². The third-order valence-electron chi connectivity index (χ3n) is 5.04. The molecule has 1 amide bonds. The van der Waals surface area contributed by atoms with Crippen molar-refractivity contribution in [1.29, 1.82) is 0 Å². The minimum atomic E-state index is -0.939. The van der Waals surface area contributed by atoms with Crippen LogP contribution in [0.2, 0.25) is 0 Å². The van der Waals surface area contributed by atoms with Gasteiger partial charge in [-0.15, -0.1) is 0 Å². The molecule has 0 saturated heterocycles. The van der Waals surface area contributed by atoms with Crippen molar-refractivity contribution in [2.24, 2.45) is 0 Å². The second-order valence-corrected chi connectivity index (χ2v) is 6.64. The Hall–Kier alpha value is -3.47. The molecule has 0 radical (unpaired) electrons. The van der Waals surface area contributed by atoms with Crippen LogP contribution in [0.1, 0.15) is 27.4 Å². The summed E-state index contributed by atoms with van der Waals surface area (Å²) in [6.45, 7) is 0. The Morgan fingerprint density at radius 2 is 1.54 bits per heavy atom. The van der Waals surface area contributed by atoms with Crippen LogP contribution in [0.4, 0.5) is 4.39 Å². The highest BCUT2D eigenvalue weighted by atomic mass is 19.1. The first-order chi connectivity index (χ1) is 13.6. The van der Waals surface area contributed by atoms with Gasteiger partial charge in [-0.05, 0) is 40.5 Å². The topological polar surface area (TPSA) is 55.4 Å². The zero-order chi connectivity index (χ0) is 19.7. The molecule has 28 heavy (non-hydrogen) atoms. The number of carbonyl (C=O) groups is 2. The first-order valence-electron chi connectivity index (χ1n) is 8.92. The Morgan fingerprint density at radius 3 is 2.11 bits per heavy atom. The number of hydrogen-bond donors (Lipinski definition) is 1. The van der Waals surface area contributed by atoms with Gasteiger partial charge in [0, 0.05) is 11.5 Å². The Labute approximate surface area is 162 Å². The molecule has 140 valence electrons. The molecule has 3 aromatic rings. The molecule has 1 N–H and O–H groups in total. The quantitative estimate of drug-likeness (QED) is 0.704. The summed E-state index contributed by atoms with van der Waals surface area (Å²) < 4.78 is 18.5. The van der Waals surface area contributed by atoms with E-state index in [1.165, 1.54) is 25.3 Å². The fourth-order valence-electron chi connectivity index (χ4n) is 3.81. The summed E-state index contributed by atoms with van der Waals surface area (Å²) >= 11 is 0. The number of amides is 1. The molecule has 0 spiro atoms. The van der Waals surface area contributed by atoms with Gasteiger partial charge in [-0.3, -0.25) is 4.79 Å². The molecule has 0 fully saturated rings. The second-order valence-electron chi connectivity index (χ2n) is 6.64. The van der Waals surface area contributed by atoms with E-state index in [2.05, 4.69) is 5.32 Å². The highest BCUT2D eigenvalue weighted by Gasteiger charge is 2.39. The summed E-state index contributed by atoms with van der Waals surface area (Å²) in [7, 11) is 1.29. The van der Waals surface area contributed by atoms with Crippen molar-refractivity contribution in [2.75, 3.05) is 7.11 Å². The minimum absolute atomic E-state index is 0.147. The predicted octanol–water partition coefficient (Wildman–Crippen LogP) is 3.91. The molecular weight excluding hydrogens is 357 g/mol. The number of methoxy groups -OCH3 is 1. The number of rotatable bonds is 4. The van der Waals surface area contributed by atoms with Crippen molar-refractivity contribution in [3.8, 4) is 11.1 Å². The van der Waals surface area contributed by atoms with Crippen LogP contribution in [-0.4, -0.2) is 25.0 Å². The van der Waals surface area contributed by atoms with Gasteiger partial charge in [-0.2, -0.15) is 0 Å². The van der Waals surface area contributed by atoms with Crippen LogP contribution < -0.4 is 5.32 Å². The lowest BCUT2D eigenvalue weighted by Gasteiger charge is -2.24. The van der Waals surface area contributed by atoms with Crippen molar-refractivity contribution in [3.63, 3.8) is 0 Å². The van der Waals surface area contributed by atoms with Crippen LogP contribution >= 0.6 is 0 Å². The van der Waals surface area contributed by atoms with E-state index in [4.69, 9.17) is 4.74 Å². The third kappa shape index (κ3) is 3.05. The molecule has 5 heteroatoms. The SMILES string of the molecule is COC(=O)[C@@H](NC(=O)c1cccc(F)c1)C1c2ccccc2-c2ccccc21. The average molecular weight is 375 g/mol. The molecule has 0 unspecified atom stereocenters. The highest BCUT2D eigenvalue weighted by Crippen LogP contribution is 2.46. The maximum absolute atomic E-state index is 13.5. The monoisotopic (exact) mass is 375 g/mol. The van der Waals surface area contributed by atoms with Gasteiger partial charge in [-0.25, -0.2) is 9.18 Å². The van der Waals surface area contributed by atoms with E-state index in [0.29, 0.717) is 0 Å². The Morgan fingerprint density at radius 1 is 0.929 bits per heavy atom. The first-order valence-corrected chi connectivity index (χ1v) is 8.92. The lowest BCUT2D eigenvalue weighted by Crippen LogP contribution is -2.45. The van der Waals surface area contributed by atoms with E-state index in [-0.39, 0.29) is 5.56 Å². The molecular formula is C23H18FNO3. The van der Waals surface area contributed by atoms with Gasteiger partial charge in [0.25, 0.3) is 5.91 Å².